The van der Waals surface area contributed by atoms with Gasteiger partial charge in [0.2, 0.25) is 0 Å². The number of rotatable bonds is 5. The van der Waals surface area contributed by atoms with Crippen LogP contribution in [0.1, 0.15) is 31.9 Å². The van der Waals surface area contributed by atoms with E-state index in [1.165, 1.54) is 6.07 Å². The molecule has 1 unspecified atom stereocenters. The van der Waals surface area contributed by atoms with E-state index in [0.29, 0.717) is 5.56 Å². The molecule has 0 saturated carbocycles. The molecular weight excluding hydrogens is 241 g/mol. The van der Waals surface area contributed by atoms with Crippen molar-refractivity contribution in [2.45, 2.75) is 26.3 Å². The molecular formula is C15H20FN3. The van der Waals surface area contributed by atoms with Crippen LogP contribution < -0.4 is 5.32 Å². The van der Waals surface area contributed by atoms with Crippen LogP contribution in [0.25, 0.3) is 11.1 Å². The summed E-state index contributed by atoms with van der Waals surface area (Å²) < 4.78 is 15.6. The Hall–Kier alpha value is -1.68. The van der Waals surface area contributed by atoms with Gasteiger partial charge in [-0.3, -0.25) is 4.68 Å². The molecule has 0 saturated heterocycles. The fourth-order valence-corrected chi connectivity index (χ4v) is 2.07. The summed E-state index contributed by atoms with van der Waals surface area (Å²) in [6.07, 6.45) is 4.60. The Bertz CT molecular complexity index is 548. The van der Waals surface area contributed by atoms with Crippen LogP contribution in [0.2, 0.25) is 0 Å². The summed E-state index contributed by atoms with van der Waals surface area (Å²) in [5, 5.41) is 7.50. The van der Waals surface area contributed by atoms with E-state index in [1.807, 2.05) is 25.4 Å². The maximum Gasteiger partial charge on any atom is 0.131 e. The van der Waals surface area contributed by atoms with Gasteiger partial charge in [-0.15, -0.1) is 0 Å². The zero-order valence-corrected chi connectivity index (χ0v) is 11.7. The van der Waals surface area contributed by atoms with Crippen LogP contribution in [0.4, 0.5) is 4.39 Å². The lowest BCUT2D eigenvalue weighted by molar-refractivity contribution is 0.568. The smallest absolute Gasteiger partial charge is 0.131 e. The van der Waals surface area contributed by atoms with Crippen LogP contribution in [-0.2, 0) is 7.05 Å². The van der Waals surface area contributed by atoms with E-state index in [-0.39, 0.29) is 11.9 Å². The van der Waals surface area contributed by atoms with Crippen molar-refractivity contribution in [3.8, 4) is 11.1 Å². The zero-order valence-electron chi connectivity index (χ0n) is 11.7. The molecule has 0 aliphatic heterocycles. The van der Waals surface area contributed by atoms with Crippen LogP contribution in [0.15, 0.2) is 30.6 Å². The van der Waals surface area contributed by atoms with E-state index >= 15 is 0 Å². The summed E-state index contributed by atoms with van der Waals surface area (Å²) in [6.45, 7) is 5.18. The highest BCUT2D eigenvalue weighted by atomic mass is 19.1. The zero-order chi connectivity index (χ0) is 13.8. The van der Waals surface area contributed by atoms with Gasteiger partial charge in [0.15, 0.2) is 0 Å². The Morgan fingerprint density at radius 1 is 1.42 bits per heavy atom. The van der Waals surface area contributed by atoms with Gasteiger partial charge in [0.1, 0.15) is 5.82 Å². The summed E-state index contributed by atoms with van der Waals surface area (Å²) in [6, 6.07) is 5.49. The number of benzene rings is 1. The van der Waals surface area contributed by atoms with Crippen molar-refractivity contribution in [3.05, 3.63) is 42.0 Å². The molecule has 1 N–H and O–H groups in total. The van der Waals surface area contributed by atoms with E-state index in [9.17, 15) is 4.39 Å². The Balaban J connectivity index is 2.29. The molecule has 1 heterocycles. The van der Waals surface area contributed by atoms with Gasteiger partial charge in [0.25, 0.3) is 0 Å². The van der Waals surface area contributed by atoms with Crippen molar-refractivity contribution in [3.63, 3.8) is 0 Å². The monoisotopic (exact) mass is 261 g/mol. The molecule has 102 valence electrons. The second kappa shape index (κ2) is 5.97. The number of hydrogen-bond donors (Lipinski definition) is 1. The Morgan fingerprint density at radius 3 is 2.84 bits per heavy atom. The third-order valence-corrected chi connectivity index (χ3v) is 3.21. The molecule has 4 heteroatoms. The fourth-order valence-electron chi connectivity index (χ4n) is 2.07. The Kier molecular flexibility index (Phi) is 4.32. The molecule has 3 nitrogen and oxygen atoms in total. The van der Waals surface area contributed by atoms with Gasteiger partial charge in [0.05, 0.1) is 6.20 Å². The average Bonchev–Trinajstić information content (AvgIpc) is 2.83. The van der Waals surface area contributed by atoms with Crippen molar-refractivity contribution in [1.29, 1.82) is 0 Å². The molecule has 0 radical (unpaired) electrons. The highest BCUT2D eigenvalue weighted by molar-refractivity contribution is 5.63. The normalized spacial score (nSPS) is 12.6. The first-order valence-corrected chi connectivity index (χ1v) is 6.63. The molecule has 0 bridgehead atoms. The predicted molar refractivity (Wildman–Crippen MR) is 75.3 cm³/mol. The molecule has 1 aromatic carbocycles. The molecule has 1 aromatic heterocycles. The fraction of sp³-hybridized carbons (Fsp3) is 0.400. The molecule has 1 atom stereocenters. The Labute approximate surface area is 113 Å². The highest BCUT2D eigenvalue weighted by Gasteiger charge is 2.11. The molecule has 0 fully saturated rings. The van der Waals surface area contributed by atoms with Crippen LogP contribution in [0.5, 0.6) is 0 Å². The third kappa shape index (κ3) is 3.20. The maximum atomic E-state index is 13.9. The molecule has 19 heavy (non-hydrogen) atoms. The van der Waals surface area contributed by atoms with Gasteiger partial charge in [-0.25, -0.2) is 4.39 Å². The van der Waals surface area contributed by atoms with Crippen LogP contribution >= 0.6 is 0 Å². The summed E-state index contributed by atoms with van der Waals surface area (Å²) in [7, 11) is 1.83. The SMILES string of the molecule is CCCNC(C)c1ccc(F)c(-c2cnn(C)c2)c1. The first-order valence-electron chi connectivity index (χ1n) is 6.63. The van der Waals surface area contributed by atoms with Gasteiger partial charge in [-0.1, -0.05) is 13.0 Å². The summed E-state index contributed by atoms with van der Waals surface area (Å²) in [4.78, 5) is 0. The maximum absolute atomic E-state index is 13.9. The highest BCUT2D eigenvalue weighted by Crippen LogP contribution is 2.25. The van der Waals surface area contributed by atoms with Crippen LogP contribution in [0, 0.1) is 5.82 Å². The largest absolute Gasteiger partial charge is 0.310 e. The number of aryl methyl sites for hydroxylation is 1. The number of halogens is 1. The second-order valence-electron chi connectivity index (χ2n) is 4.82. The first-order chi connectivity index (χ1) is 9.11. The number of aromatic nitrogens is 2. The average molecular weight is 261 g/mol. The summed E-state index contributed by atoms with van der Waals surface area (Å²) >= 11 is 0. The van der Waals surface area contributed by atoms with Crippen LogP contribution in [0.3, 0.4) is 0 Å². The molecule has 2 rings (SSSR count). The van der Waals surface area contributed by atoms with Crippen molar-refractivity contribution < 1.29 is 4.39 Å². The number of hydrogen-bond acceptors (Lipinski definition) is 2. The quantitative estimate of drug-likeness (QED) is 0.895. The minimum absolute atomic E-state index is 0.209. The standard InChI is InChI=1S/C15H20FN3/c1-4-7-17-11(2)12-5-6-15(16)14(8-12)13-9-18-19(3)10-13/h5-6,8-11,17H,4,7H2,1-3H3. The van der Waals surface area contributed by atoms with Crippen molar-refractivity contribution in [1.82, 2.24) is 15.1 Å². The minimum atomic E-state index is -0.209. The summed E-state index contributed by atoms with van der Waals surface area (Å²) in [5.74, 6) is -0.209. The van der Waals surface area contributed by atoms with E-state index < -0.39 is 0 Å². The van der Waals surface area contributed by atoms with Gasteiger partial charge in [-0.05, 0) is 37.6 Å². The van der Waals surface area contributed by atoms with E-state index in [2.05, 4.69) is 24.3 Å². The van der Waals surface area contributed by atoms with Crippen molar-refractivity contribution >= 4 is 0 Å². The summed E-state index contributed by atoms with van der Waals surface area (Å²) in [5.41, 5.74) is 2.51. The van der Waals surface area contributed by atoms with Crippen LogP contribution in [-0.4, -0.2) is 16.3 Å². The van der Waals surface area contributed by atoms with E-state index in [0.717, 1.165) is 24.1 Å². The Morgan fingerprint density at radius 2 is 2.21 bits per heavy atom. The molecule has 0 aliphatic rings. The number of nitrogens with one attached hydrogen (secondary N) is 1. The molecule has 0 amide bonds. The minimum Gasteiger partial charge on any atom is -0.310 e. The predicted octanol–water partition coefficient (Wildman–Crippen LogP) is 3.29. The van der Waals surface area contributed by atoms with E-state index in [4.69, 9.17) is 0 Å². The lowest BCUT2D eigenvalue weighted by Gasteiger charge is -2.14. The molecule has 0 spiro atoms. The van der Waals surface area contributed by atoms with Gasteiger partial charge < -0.3 is 5.32 Å². The number of nitrogens with zero attached hydrogens (tertiary/aromatic N) is 2. The third-order valence-electron chi connectivity index (χ3n) is 3.21. The topological polar surface area (TPSA) is 29.9 Å². The molecule has 0 aliphatic carbocycles. The van der Waals surface area contributed by atoms with Gasteiger partial charge in [0, 0.05) is 30.4 Å². The van der Waals surface area contributed by atoms with Gasteiger partial charge in [-0.2, -0.15) is 5.10 Å². The first kappa shape index (κ1) is 13.7. The molecule has 2 aromatic rings. The van der Waals surface area contributed by atoms with E-state index in [1.54, 1.807) is 10.9 Å². The lowest BCUT2D eigenvalue weighted by atomic mass is 10.0. The van der Waals surface area contributed by atoms with Crippen molar-refractivity contribution in [2.24, 2.45) is 7.05 Å². The van der Waals surface area contributed by atoms with Gasteiger partial charge >= 0.3 is 0 Å². The lowest BCUT2D eigenvalue weighted by Crippen LogP contribution is -2.19. The van der Waals surface area contributed by atoms with Crippen molar-refractivity contribution in [2.75, 3.05) is 6.54 Å². The second-order valence-corrected chi connectivity index (χ2v) is 4.82.